The summed E-state index contributed by atoms with van der Waals surface area (Å²) in [4.78, 5) is 25.6. The highest BCUT2D eigenvalue weighted by Crippen LogP contribution is 2.32. The van der Waals surface area contributed by atoms with Gasteiger partial charge in [-0.15, -0.1) is 5.10 Å². The predicted octanol–water partition coefficient (Wildman–Crippen LogP) is 3.46. The van der Waals surface area contributed by atoms with E-state index in [2.05, 4.69) is 20.4 Å². The average Bonchev–Trinajstić information content (AvgIpc) is 3.19. The molecule has 0 aliphatic heterocycles. The molecule has 3 heterocycles. The van der Waals surface area contributed by atoms with Gasteiger partial charge in [-0.05, 0) is 42.5 Å². The van der Waals surface area contributed by atoms with Crippen LogP contribution in [0.25, 0.3) is 27.9 Å². The molecule has 0 aliphatic rings. The number of hydrogen-bond donors (Lipinski definition) is 1. The van der Waals surface area contributed by atoms with E-state index in [1.807, 2.05) is 36.4 Å². The molecule has 9 nitrogen and oxygen atoms in total. The number of para-hydroxylation sites is 1. The van der Waals surface area contributed by atoms with Gasteiger partial charge in [-0.25, -0.2) is 15.0 Å². The standard InChI is InChI=1S/C23H18N6O3/c1-31-18-11-10-14(13-19(18)32-2)20-27-21-15-7-3-4-8-16(15)25-23(29(21)28-20)26-17-9-5-6-12-24-22(17)30/h3-13H,1-2H3,(H,24,25,26,30). The Morgan fingerprint density at radius 2 is 1.72 bits per heavy atom. The van der Waals surface area contributed by atoms with Gasteiger partial charge in [0.1, 0.15) is 5.69 Å². The maximum absolute atomic E-state index is 12.3. The van der Waals surface area contributed by atoms with Gasteiger partial charge in [0.25, 0.3) is 5.56 Å². The van der Waals surface area contributed by atoms with Gasteiger partial charge in [0.05, 0.1) is 19.7 Å². The normalized spacial score (nSPS) is 10.9. The topological polar surface area (TPSA) is 104 Å². The first kappa shape index (κ1) is 19.4. The summed E-state index contributed by atoms with van der Waals surface area (Å²) in [5.74, 6) is 2.01. The number of hydrogen-bond acceptors (Lipinski definition) is 8. The van der Waals surface area contributed by atoms with Gasteiger partial charge in [-0.3, -0.25) is 4.79 Å². The second kappa shape index (κ2) is 7.95. The highest BCUT2D eigenvalue weighted by Gasteiger charge is 2.16. The number of nitrogens with one attached hydrogen (secondary N) is 1. The second-order valence-electron chi connectivity index (χ2n) is 6.87. The molecule has 0 fully saturated rings. The van der Waals surface area contributed by atoms with E-state index in [1.165, 1.54) is 6.20 Å². The molecule has 158 valence electrons. The van der Waals surface area contributed by atoms with Crippen molar-refractivity contribution < 1.29 is 9.47 Å². The Balaban J connectivity index is 1.72. The van der Waals surface area contributed by atoms with Gasteiger partial charge in [-0.2, -0.15) is 4.52 Å². The van der Waals surface area contributed by atoms with Crippen LogP contribution in [0.1, 0.15) is 0 Å². The summed E-state index contributed by atoms with van der Waals surface area (Å²) < 4.78 is 12.3. The molecule has 0 spiro atoms. The van der Waals surface area contributed by atoms with Crippen molar-refractivity contribution >= 4 is 28.2 Å². The smallest absolute Gasteiger partial charge is 0.293 e. The lowest BCUT2D eigenvalue weighted by Crippen LogP contribution is -2.11. The third-order valence-corrected chi connectivity index (χ3v) is 4.95. The Labute approximate surface area is 182 Å². The molecule has 3 aromatic heterocycles. The maximum atomic E-state index is 12.3. The first-order valence-electron chi connectivity index (χ1n) is 9.78. The fourth-order valence-corrected chi connectivity index (χ4v) is 3.40. The molecule has 1 N–H and O–H groups in total. The zero-order valence-corrected chi connectivity index (χ0v) is 17.3. The minimum atomic E-state index is -0.404. The van der Waals surface area contributed by atoms with E-state index in [4.69, 9.17) is 14.5 Å². The summed E-state index contributed by atoms with van der Waals surface area (Å²) in [6, 6.07) is 18.1. The lowest BCUT2D eigenvalue weighted by atomic mass is 10.2. The first-order valence-corrected chi connectivity index (χ1v) is 9.78. The summed E-state index contributed by atoms with van der Waals surface area (Å²) >= 11 is 0. The van der Waals surface area contributed by atoms with Crippen LogP contribution in [0, 0.1) is 0 Å². The molecule has 0 saturated heterocycles. The molecule has 0 atom stereocenters. The van der Waals surface area contributed by atoms with Crippen LogP contribution in [-0.2, 0) is 0 Å². The molecule has 0 bridgehead atoms. The van der Waals surface area contributed by atoms with Gasteiger partial charge < -0.3 is 14.8 Å². The lowest BCUT2D eigenvalue weighted by molar-refractivity contribution is 0.355. The predicted molar refractivity (Wildman–Crippen MR) is 121 cm³/mol. The van der Waals surface area contributed by atoms with E-state index in [0.717, 1.165) is 16.5 Å². The van der Waals surface area contributed by atoms with E-state index in [0.29, 0.717) is 28.9 Å². The summed E-state index contributed by atoms with van der Waals surface area (Å²) in [5.41, 5.74) is 1.94. The average molecular weight is 426 g/mol. The van der Waals surface area contributed by atoms with Crippen molar-refractivity contribution in [3.05, 3.63) is 77.2 Å². The molecule has 5 aromatic rings. The van der Waals surface area contributed by atoms with Gasteiger partial charge in [0.15, 0.2) is 23.0 Å². The van der Waals surface area contributed by atoms with Crippen LogP contribution in [0.3, 0.4) is 0 Å². The largest absolute Gasteiger partial charge is 0.493 e. The van der Waals surface area contributed by atoms with Crippen molar-refractivity contribution in [3.63, 3.8) is 0 Å². The fourth-order valence-electron chi connectivity index (χ4n) is 3.40. The van der Waals surface area contributed by atoms with E-state index < -0.39 is 5.56 Å². The molecular formula is C23H18N6O3. The Morgan fingerprint density at radius 3 is 2.56 bits per heavy atom. The summed E-state index contributed by atoms with van der Waals surface area (Å²) in [7, 11) is 3.16. The lowest BCUT2D eigenvalue weighted by Gasteiger charge is -2.08. The monoisotopic (exact) mass is 426 g/mol. The number of benzene rings is 2. The second-order valence-corrected chi connectivity index (χ2v) is 6.87. The van der Waals surface area contributed by atoms with Gasteiger partial charge >= 0.3 is 0 Å². The van der Waals surface area contributed by atoms with Crippen molar-refractivity contribution in [3.8, 4) is 22.9 Å². The van der Waals surface area contributed by atoms with Crippen molar-refractivity contribution in [2.24, 2.45) is 0 Å². The Morgan fingerprint density at radius 1 is 0.906 bits per heavy atom. The van der Waals surface area contributed by atoms with Crippen LogP contribution in [0.5, 0.6) is 11.5 Å². The molecule has 0 saturated carbocycles. The fraction of sp³-hybridized carbons (Fsp3) is 0.0870. The van der Waals surface area contributed by atoms with Crippen LogP contribution in [-0.4, -0.2) is 38.8 Å². The number of methoxy groups -OCH3 is 2. The number of ether oxygens (including phenoxy) is 2. The zero-order chi connectivity index (χ0) is 22.1. The van der Waals surface area contributed by atoms with Crippen LogP contribution in [0.2, 0.25) is 0 Å². The van der Waals surface area contributed by atoms with Crippen molar-refractivity contribution in [2.45, 2.75) is 0 Å². The highest BCUT2D eigenvalue weighted by atomic mass is 16.5. The number of fused-ring (bicyclic) bond motifs is 3. The van der Waals surface area contributed by atoms with Gasteiger partial charge in [0, 0.05) is 17.1 Å². The van der Waals surface area contributed by atoms with Gasteiger partial charge in [0.2, 0.25) is 5.95 Å². The minimum Gasteiger partial charge on any atom is -0.493 e. The third-order valence-electron chi connectivity index (χ3n) is 4.95. The molecule has 0 aliphatic carbocycles. The Bertz CT molecular complexity index is 1520. The van der Waals surface area contributed by atoms with Crippen LogP contribution >= 0.6 is 0 Å². The summed E-state index contributed by atoms with van der Waals surface area (Å²) in [5, 5.41) is 8.56. The Kier molecular flexibility index (Phi) is 4.83. The number of aromatic nitrogens is 5. The number of anilines is 2. The quantitative estimate of drug-likeness (QED) is 0.456. The third kappa shape index (κ3) is 3.35. The summed E-state index contributed by atoms with van der Waals surface area (Å²) in [6.07, 6.45) is 1.45. The summed E-state index contributed by atoms with van der Waals surface area (Å²) in [6.45, 7) is 0. The first-order chi connectivity index (χ1) is 15.7. The Hall–Kier alpha value is -4.53. The van der Waals surface area contributed by atoms with Crippen molar-refractivity contribution in [2.75, 3.05) is 19.5 Å². The zero-order valence-electron chi connectivity index (χ0n) is 17.3. The molecule has 9 heteroatoms. The number of nitrogens with zero attached hydrogens (tertiary/aromatic N) is 5. The van der Waals surface area contributed by atoms with E-state index in [1.54, 1.807) is 43.0 Å². The SMILES string of the molecule is COc1ccc(-c2nc3c4ccccc4nc(Nc4ccccnc4=O)n3n2)cc1OC. The molecule has 5 rings (SSSR count). The van der Waals surface area contributed by atoms with Crippen LogP contribution in [0.4, 0.5) is 11.6 Å². The van der Waals surface area contributed by atoms with E-state index in [9.17, 15) is 4.79 Å². The molecular weight excluding hydrogens is 408 g/mol. The molecule has 0 radical (unpaired) electrons. The molecule has 0 amide bonds. The highest BCUT2D eigenvalue weighted by molar-refractivity contribution is 5.93. The van der Waals surface area contributed by atoms with Crippen LogP contribution in [0.15, 0.2) is 71.7 Å². The molecule has 0 unspecified atom stereocenters. The van der Waals surface area contributed by atoms with Crippen molar-refractivity contribution in [1.29, 1.82) is 0 Å². The van der Waals surface area contributed by atoms with E-state index in [-0.39, 0.29) is 5.69 Å². The molecule has 32 heavy (non-hydrogen) atoms. The minimum absolute atomic E-state index is 0.280. The van der Waals surface area contributed by atoms with Crippen LogP contribution < -0.4 is 20.3 Å². The number of rotatable bonds is 5. The maximum Gasteiger partial charge on any atom is 0.293 e. The van der Waals surface area contributed by atoms with Crippen molar-refractivity contribution in [1.82, 2.24) is 24.6 Å². The van der Waals surface area contributed by atoms with Gasteiger partial charge in [-0.1, -0.05) is 18.2 Å². The van der Waals surface area contributed by atoms with E-state index >= 15 is 0 Å². The molecule has 2 aromatic carbocycles.